The van der Waals surface area contributed by atoms with Crippen LogP contribution in [0, 0.1) is 0 Å². The fourth-order valence-corrected chi connectivity index (χ4v) is 2.23. The number of nitrogens with one attached hydrogen (secondary N) is 2. The summed E-state index contributed by atoms with van der Waals surface area (Å²) in [4.78, 5) is 11.3. The number of anilines is 1. The second-order valence-corrected chi connectivity index (χ2v) is 7.38. The lowest BCUT2D eigenvalue weighted by Crippen LogP contribution is -2.28. The van der Waals surface area contributed by atoms with Crippen molar-refractivity contribution in [2.75, 3.05) is 5.43 Å². The molecule has 0 saturated carbocycles. The number of hydrogen-bond donors (Lipinski definition) is 4. The molecular weight excluding hydrogens is 396 g/mol. The summed E-state index contributed by atoms with van der Waals surface area (Å²) in [6.07, 6.45) is 0.788. The van der Waals surface area contributed by atoms with Crippen LogP contribution in [-0.2, 0) is 20.4 Å². The van der Waals surface area contributed by atoms with Gasteiger partial charge in [-0.15, -0.1) is 4.83 Å². The molecule has 9 nitrogen and oxygen atoms in total. The van der Waals surface area contributed by atoms with Crippen LogP contribution in [0.1, 0.15) is 10.4 Å². The molecule has 0 aliphatic rings. The number of hydrogen-bond acceptors (Lipinski definition) is 6. The maximum atomic E-state index is 10.6. The van der Waals surface area contributed by atoms with Crippen molar-refractivity contribution in [1.82, 2.24) is 4.83 Å². The van der Waals surface area contributed by atoms with Crippen molar-refractivity contribution in [3.05, 3.63) is 59.1 Å². The molecule has 0 saturated heterocycles. The lowest BCUT2D eigenvalue weighted by Gasteiger charge is -2.05. The molecule has 0 aliphatic carbocycles. The Morgan fingerprint density at radius 1 is 0.880 bits per heavy atom. The van der Waals surface area contributed by atoms with Crippen molar-refractivity contribution in [1.29, 1.82) is 0 Å². The van der Waals surface area contributed by atoms with Gasteiger partial charge >= 0.3 is 10.3 Å². The summed E-state index contributed by atoms with van der Waals surface area (Å²) in [6.45, 7) is 0. The van der Waals surface area contributed by atoms with E-state index in [1.165, 1.54) is 12.1 Å². The van der Waals surface area contributed by atoms with E-state index in [-0.39, 0.29) is 10.6 Å². The number of hydrazine groups is 1. The molecule has 136 valence electrons. The number of aldehydes is 1. The molecule has 2 aromatic rings. The van der Waals surface area contributed by atoms with Crippen LogP contribution in [0.4, 0.5) is 5.69 Å². The monoisotopic (exact) mass is 408 g/mol. The van der Waals surface area contributed by atoms with E-state index in [9.17, 15) is 21.6 Å². The quantitative estimate of drug-likeness (QED) is 0.332. The van der Waals surface area contributed by atoms with Crippen molar-refractivity contribution >= 4 is 44.0 Å². The lowest BCUT2D eigenvalue weighted by atomic mass is 10.2. The van der Waals surface area contributed by atoms with E-state index in [1.807, 2.05) is 0 Å². The summed E-state index contributed by atoms with van der Waals surface area (Å²) >= 11 is 5.55. The summed E-state index contributed by atoms with van der Waals surface area (Å²) in [5.74, 6) is 0. The Morgan fingerprint density at radius 2 is 1.40 bits per heavy atom. The van der Waals surface area contributed by atoms with Gasteiger partial charge in [-0.2, -0.15) is 16.8 Å². The Hall–Kier alpha value is -2.02. The molecule has 4 N–H and O–H groups in total. The smallest absolute Gasteiger partial charge is 0.306 e. The van der Waals surface area contributed by atoms with Crippen LogP contribution in [-0.4, -0.2) is 32.2 Å². The summed E-state index contributed by atoms with van der Waals surface area (Å²) in [6, 6.07) is 11.2. The van der Waals surface area contributed by atoms with E-state index in [1.54, 1.807) is 29.1 Å². The van der Waals surface area contributed by atoms with E-state index in [0.29, 0.717) is 10.6 Å². The molecule has 0 bridgehead atoms. The van der Waals surface area contributed by atoms with Crippen LogP contribution in [0.15, 0.2) is 53.4 Å². The standard InChI is InChI=1S/C7H5ClO.C6H8N2O6S2/c8-7-3-1-6(5-9)2-4-7;9-15(10,11)6-3-1-5(2-4-6)7-8-16(12,13)14/h1-5H;1-4,7-8H,(H,9,10,11)(H,12,13,14). The van der Waals surface area contributed by atoms with Gasteiger partial charge in [-0.3, -0.25) is 13.9 Å². The van der Waals surface area contributed by atoms with Crippen LogP contribution in [0.3, 0.4) is 0 Å². The Morgan fingerprint density at radius 3 is 1.80 bits per heavy atom. The van der Waals surface area contributed by atoms with E-state index < -0.39 is 20.4 Å². The number of halogens is 1. The van der Waals surface area contributed by atoms with Crippen LogP contribution in [0.25, 0.3) is 0 Å². The van der Waals surface area contributed by atoms with E-state index in [0.717, 1.165) is 18.4 Å². The summed E-state index contributed by atoms with van der Waals surface area (Å²) < 4.78 is 58.8. The molecule has 0 spiro atoms. The predicted molar refractivity (Wildman–Crippen MR) is 91.4 cm³/mol. The fraction of sp³-hybridized carbons (Fsp3) is 0. The molecule has 0 atom stereocenters. The van der Waals surface area contributed by atoms with Crippen molar-refractivity contribution in [3.63, 3.8) is 0 Å². The first-order valence-electron chi connectivity index (χ1n) is 6.30. The van der Waals surface area contributed by atoms with Crippen LogP contribution in [0.5, 0.6) is 0 Å². The van der Waals surface area contributed by atoms with Gasteiger partial charge in [0, 0.05) is 16.3 Å². The van der Waals surface area contributed by atoms with Crippen molar-refractivity contribution in [2.45, 2.75) is 4.90 Å². The summed E-state index contributed by atoms with van der Waals surface area (Å²) in [5, 5.41) is 0.653. The zero-order chi connectivity index (χ0) is 19.1. The molecule has 0 unspecified atom stereocenters. The first kappa shape index (κ1) is 21.0. The number of carbonyl (C=O) groups excluding carboxylic acids is 1. The second-order valence-electron chi connectivity index (χ2n) is 4.37. The normalized spacial score (nSPS) is 11.2. The van der Waals surface area contributed by atoms with Crippen LogP contribution >= 0.6 is 11.6 Å². The van der Waals surface area contributed by atoms with Gasteiger partial charge in [0.1, 0.15) is 6.29 Å². The average molecular weight is 409 g/mol. The van der Waals surface area contributed by atoms with Crippen LogP contribution < -0.4 is 10.3 Å². The van der Waals surface area contributed by atoms with Gasteiger partial charge < -0.3 is 5.43 Å². The van der Waals surface area contributed by atoms with Gasteiger partial charge in [0.05, 0.1) is 4.90 Å². The Labute approximate surface area is 149 Å². The van der Waals surface area contributed by atoms with Crippen LogP contribution in [0.2, 0.25) is 5.02 Å². The summed E-state index contributed by atoms with van der Waals surface area (Å²) in [5.41, 5.74) is 2.94. The zero-order valence-electron chi connectivity index (χ0n) is 12.3. The minimum absolute atomic E-state index is 0.185. The molecule has 25 heavy (non-hydrogen) atoms. The van der Waals surface area contributed by atoms with Gasteiger partial charge in [-0.25, -0.2) is 0 Å². The zero-order valence-corrected chi connectivity index (χ0v) is 14.7. The van der Waals surface area contributed by atoms with E-state index in [2.05, 4.69) is 5.43 Å². The molecule has 0 aromatic heterocycles. The third-order valence-corrected chi connectivity index (χ3v) is 3.96. The maximum Gasteiger partial charge on any atom is 0.350 e. The van der Waals surface area contributed by atoms with E-state index in [4.69, 9.17) is 20.7 Å². The van der Waals surface area contributed by atoms with Gasteiger partial charge in [0.25, 0.3) is 10.1 Å². The topological polar surface area (TPSA) is 150 Å². The van der Waals surface area contributed by atoms with Crippen molar-refractivity contribution < 1.29 is 30.7 Å². The van der Waals surface area contributed by atoms with Crippen molar-refractivity contribution in [3.8, 4) is 0 Å². The number of benzene rings is 2. The molecular formula is C13H13ClN2O7S2. The first-order valence-corrected chi connectivity index (χ1v) is 9.55. The third kappa shape index (κ3) is 8.58. The largest absolute Gasteiger partial charge is 0.350 e. The fourth-order valence-electron chi connectivity index (χ4n) is 1.38. The highest BCUT2D eigenvalue weighted by Gasteiger charge is 2.08. The van der Waals surface area contributed by atoms with E-state index >= 15 is 0 Å². The Kier molecular flexibility index (Phi) is 7.48. The highest BCUT2D eigenvalue weighted by atomic mass is 35.5. The molecule has 0 heterocycles. The Balaban J connectivity index is 0.000000293. The minimum atomic E-state index is -4.39. The van der Waals surface area contributed by atoms with Gasteiger partial charge in [-0.05, 0) is 36.4 Å². The third-order valence-electron chi connectivity index (χ3n) is 2.48. The summed E-state index contributed by atoms with van der Waals surface area (Å²) in [7, 11) is -8.67. The molecule has 12 heteroatoms. The maximum absolute atomic E-state index is 10.6. The number of rotatable bonds is 5. The first-order chi connectivity index (χ1) is 11.5. The number of carbonyl (C=O) groups is 1. The molecule has 0 amide bonds. The average Bonchev–Trinajstić information content (AvgIpc) is 2.53. The molecule has 0 radical (unpaired) electrons. The molecule has 0 fully saturated rings. The lowest BCUT2D eigenvalue weighted by molar-refractivity contribution is 0.112. The molecule has 2 aromatic carbocycles. The predicted octanol–water partition coefficient (Wildman–Crippen LogP) is 1.81. The molecule has 0 aliphatic heterocycles. The highest BCUT2D eigenvalue weighted by molar-refractivity contribution is 7.85. The SMILES string of the molecule is O=Cc1ccc(Cl)cc1.O=S(=O)(O)NNc1ccc(S(=O)(=O)O)cc1. The second kappa shape index (κ2) is 8.89. The van der Waals surface area contributed by atoms with Gasteiger partial charge in [-0.1, -0.05) is 23.7 Å². The highest BCUT2D eigenvalue weighted by Crippen LogP contribution is 2.12. The Bertz CT molecular complexity index is 912. The minimum Gasteiger partial charge on any atom is -0.306 e. The van der Waals surface area contributed by atoms with Gasteiger partial charge in [0.2, 0.25) is 0 Å². The van der Waals surface area contributed by atoms with Crippen molar-refractivity contribution in [2.24, 2.45) is 0 Å². The van der Waals surface area contributed by atoms with Gasteiger partial charge in [0.15, 0.2) is 0 Å². The molecule has 2 rings (SSSR count).